The molecule has 0 saturated heterocycles. The number of benzene rings is 2. The summed E-state index contributed by atoms with van der Waals surface area (Å²) in [6.45, 7) is 10.3. The van der Waals surface area contributed by atoms with Gasteiger partial charge in [-0.2, -0.15) is 0 Å². The van der Waals surface area contributed by atoms with Gasteiger partial charge in [0.15, 0.2) is 0 Å². The molecule has 2 aromatic carbocycles. The zero-order valence-electron chi connectivity index (χ0n) is 28.6. The van der Waals surface area contributed by atoms with Gasteiger partial charge in [0.2, 0.25) is 11.8 Å². The molecule has 2 saturated carbocycles. The number of H-pyrrole nitrogens is 1. The Morgan fingerprint density at radius 2 is 1.85 bits per heavy atom. The summed E-state index contributed by atoms with van der Waals surface area (Å²) in [5, 5.41) is 9.80. The quantitative estimate of drug-likeness (QED) is 0.173. The zero-order chi connectivity index (χ0) is 34.1. The highest BCUT2D eigenvalue weighted by Gasteiger charge is 2.51. The first-order chi connectivity index (χ1) is 22.3. The predicted molar refractivity (Wildman–Crippen MR) is 184 cm³/mol. The van der Waals surface area contributed by atoms with Crippen molar-refractivity contribution in [1.82, 2.24) is 30.8 Å². The van der Waals surface area contributed by atoms with Crippen molar-refractivity contribution < 1.29 is 19.1 Å². The number of nitrogens with one attached hydrogen (secondary N) is 4. The molecule has 2 aliphatic rings. The smallest absolute Gasteiger partial charge is 0.317 e. The first-order valence-electron chi connectivity index (χ1n) is 16.7. The van der Waals surface area contributed by atoms with E-state index in [1.807, 2.05) is 77.2 Å². The van der Waals surface area contributed by atoms with E-state index in [1.54, 1.807) is 12.0 Å². The van der Waals surface area contributed by atoms with E-state index in [0.29, 0.717) is 28.5 Å². The van der Waals surface area contributed by atoms with Crippen LogP contribution in [0, 0.1) is 11.3 Å². The Morgan fingerprint density at radius 1 is 1.15 bits per heavy atom. The maximum atomic E-state index is 13.9. The average Bonchev–Trinajstić information content (AvgIpc) is 3.97. The normalized spacial score (nSPS) is 18.6. The van der Waals surface area contributed by atoms with Crippen molar-refractivity contribution >= 4 is 40.5 Å². The van der Waals surface area contributed by atoms with E-state index in [1.165, 1.54) is 0 Å². The van der Waals surface area contributed by atoms with Crippen LogP contribution < -0.4 is 16.0 Å². The third-order valence-electron chi connectivity index (χ3n) is 10.0. The van der Waals surface area contributed by atoms with Crippen LogP contribution in [0.25, 0.3) is 11.0 Å². The van der Waals surface area contributed by atoms with Crippen LogP contribution in [-0.2, 0) is 19.7 Å². The van der Waals surface area contributed by atoms with Gasteiger partial charge >= 0.3 is 6.03 Å². The van der Waals surface area contributed by atoms with Gasteiger partial charge in [0, 0.05) is 37.7 Å². The monoisotopic (exact) mass is 664 g/mol. The Balaban J connectivity index is 1.54. The summed E-state index contributed by atoms with van der Waals surface area (Å²) in [6, 6.07) is 12.5. The molecule has 0 spiro atoms. The van der Waals surface area contributed by atoms with Crippen LogP contribution in [0.1, 0.15) is 89.2 Å². The second kappa shape index (κ2) is 13.8. The van der Waals surface area contributed by atoms with Crippen LogP contribution in [0.4, 0.5) is 4.79 Å². The Hall–Kier alpha value is -3.63. The minimum absolute atomic E-state index is 0.0720. The summed E-state index contributed by atoms with van der Waals surface area (Å²) >= 11 is 6.82. The number of ether oxygens (including phenoxy) is 1. The summed E-state index contributed by atoms with van der Waals surface area (Å²) in [5.74, 6) is -0.138. The molecule has 47 heavy (non-hydrogen) atoms. The van der Waals surface area contributed by atoms with E-state index in [0.717, 1.165) is 36.8 Å². The number of amides is 4. The van der Waals surface area contributed by atoms with Gasteiger partial charge in [0.1, 0.15) is 11.9 Å². The topological polar surface area (TPSA) is 128 Å². The fourth-order valence-corrected chi connectivity index (χ4v) is 6.83. The van der Waals surface area contributed by atoms with Gasteiger partial charge in [-0.15, -0.1) is 0 Å². The number of likely N-dealkylation sites (N-methyl/N-ethyl adjacent to an activating group) is 1. The fraction of sp³-hybridized carbons (Fsp3) is 0.556. The van der Waals surface area contributed by atoms with Crippen LogP contribution in [0.15, 0.2) is 42.5 Å². The van der Waals surface area contributed by atoms with E-state index < -0.39 is 17.5 Å². The molecular formula is C36H49ClN6O4. The number of rotatable bonds is 14. The minimum Gasteiger partial charge on any atom is -0.383 e. The number of imidazole rings is 1. The molecule has 4 amide bonds. The number of hydrogen-bond donors (Lipinski definition) is 4. The number of halogens is 1. The first kappa shape index (κ1) is 34.7. The van der Waals surface area contributed by atoms with E-state index in [9.17, 15) is 14.4 Å². The number of carbonyl (C=O) groups excluding carboxylic acids is 3. The molecule has 0 radical (unpaired) electrons. The maximum absolute atomic E-state index is 13.9. The molecule has 4 atom stereocenters. The summed E-state index contributed by atoms with van der Waals surface area (Å²) in [5.41, 5.74) is 1.95. The summed E-state index contributed by atoms with van der Waals surface area (Å²) < 4.78 is 5.56. The Bertz CT molecular complexity index is 1620. The highest BCUT2D eigenvalue weighted by atomic mass is 35.5. The lowest BCUT2D eigenvalue weighted by Crippen LogP contribution is -2.55. The number of nitrogens with zero attached hydrogens (tertiary/aromatic N) is 2. The predicted octanol–water partition coefficient (Wildman–Crippen LogP) is 5.83. The Labute approximate surface area is 282 Å². The molecular weight excluding hydrogens is 616 g/mol. The highest BCUT2D eigenvalue weighted by Crippen LogP contribution is 2.60. The number of aromatic nitrogens is 2. The number of methoxy groups -OCH3 is 1. The molecule has 0 bridgehead atoms. The SMILES string of the molecule is CCNC(=O)[C@H](NC(=O)C(C)(COC)c1ccc2nc([C@@H](NC(=O)N(C)C3CC3)[C@H](c3ccccc3Cl)C3(C)CC3)[nH]c2c1)C(C)C. The summed E-state index contributed by atoms with van der Waals surface area (Å²) in [7, 11) is 3.40. The van der Waals surface area contributed by atoms with Crippen LogP contribution in [-0.4, -0.2) is 72.1 Å². The second-order valence-electron chi connectivity index (χ2n) is 14.1. The number of aromatic amines is 1. The van der Waals surface area contributed by atoms with Crippen LogP contribution >= 0.6 is 11.6 Å². The van der Waals surface area contributed by atoms with Crippen LogP contribution in [0.5, 0.6) is 0 Å². The van der Waals surface area contributed by atoms with E-state index in [-0.39, 0.29) is 47.7 Å². The fourth-order valence-electron chi connectivity index (χ4n) is 6.57. The van der Waals surface area contributed by atoms with Gasteiger partial charge < -0.3 is 30.6 Å². The molecule has 1 unspecified atom stereocenters. The molecule has 11 heteroatoms. The van der Waals surface area contributed by atoms with Crippen molar-refractivity contribution in [3.8, 4) is 0 Å². The van der Waals surface area contributed by atoms with E-state index >= 15 is 0 Å². The zero-order valence-corrected chi connectivity index (χ0v) is 29.3. The Morgan fingerprint density at radius 3 is 2.45 bits per heavy atom. The largest absolute Gasteiger partial charge is 0.383 e. The van der Waals surface area contributed by atoms with Gasteiger partial charge in [-0.25, -0.2) is 9.78 Å². The molecule has 2 fully saturated rings. The lowest BCUT2D eigenvalue weighted by atomic mass is 9.78. The average molecular weight is 665 g/mol. The van der Waals surface area contributed by atoms with Crippen molar-refractivity contribution in [3.63, 3.8) is 0 Å². The molecule has 2 aliphatic carbocycles. The first-order valence-corrected chi connectivity index (χ1v) is 17.1. The van der Waals surface area contributed by atoms with Gasteiger partial charge in [0.05, 0.1) is 29.1 Å². The van der Waals surface area contributed by atoms with Crippen LogP contribution in [0.3, 0.4) is 0 Å². The van der Waals surface area contributed by atoms with Gasteiger partial charge in [-0.05, 0) is 80.2 Å². The van der Waals surface area contributed by atoms with E-state index in [2.05, 4.69) is 27.9 Å². The standard InChI is InChI=1S/C36H49ClN6O4/c1-8-38-32(44)29(21(2)3)41-33(45)36(5,20-47-7)22-13-16-26-27(19-22)40-31(39-26)30(42-34(46)43(6)23-14-15-23)28(35(4)17-18-35)24-11-9-10-12-25(24)37/h9-13,16,19,21,23,28-30H,8,14-15,17-18,20H2,1-7H3,(H,38,44)(H,39,40)(H,41,45)(H,42,46)/t28-,29+,30-,36?/m0/s1. The van der Waals surface area contributed by atoms with Crippen molar-refractivity contribution in [2.24, 2.45) is 11.3 Å². The lowest BCUT2D eigenvalue weighted by molar-refractivity contribution is -0.134. The molecule has 3 aromatic rings. The molecule has 4 N–H and O–H groups in total. The molecule has 1 heterocycles. The number of urea groups is 1. The third kappa shape index (κ3) is 7.28. The van der Waals surface area contributed by atoms with Crippen molar-refractivity contribution in [2.75, 3.05) is 27.3 Å². The maximum Gasteiger partial charge on any atom is 0.317 e. The molecule has 1 aromatic heterocycles. The summed E-state index contributed by atoms with van der Waals surface area (Å²) in [6.07, 6.45) is 4.03. The molecule has 0 aliphatic heterocycles. The summed E-state index contributed by atoms with van der Waals surface area (Å²) in [4.78, 5) is 50.6. The van der Waals surface area contributed by atoms with Gasteiger partial charge in [-0.1, -0.05) is 56.6 Å². The Kier molecular flexibility index (Phi) is 10.2. The molecule has 5 rings (SSSR count). The minimum atomic E-state index is -1.10. The third-order valence-corrected chi connectivity index (χ3v) is 10.4. The van der Waals surface area contributed by atoms with Crippen molar-refractivity contribution in [1.29, 1.82) is 0 Å². The van der Waals surface area contributed by atoms with Gasteiger partial charge in [-0.3, -0.25) is 9.59 Å². The lowest BCUT2D eigenvalue weighted by Gasteiger charge is -2.34. The van der Waals surface area contributed by atoms with Crippen LogP contribution in [0.2, 0.25) is 5.02 Å². The number of fused-ring (bicyclic) bond motifs is 1. The second-order valence-corrected chi connectivity index (χ2v) is 14.5. The van der Waals surface area contributed by atoms with E-state index in [4.69, 9.17) is 21.3 Å². The highest BCUT2D eigenvalue weighted by molar-refractivity contribution is 6.31. The van der Waals surface area contributed by atoms with Gasteiger partial charge in [0.25, 0.3) is 0 Å². The molecule has 10 nitrogen and oxygen atoms in total. The molecule has 254 valence electrons. The van der Waals surface area contributed by atoms with Crippen molar-refractivity contribution in [3.05, 3.63) is 64.4 Å². The number of hydrogen-bond acceptors (Lipinski definition) is 5. The van der Waals surface area contributed by atoms with Crippen molar-refractivity contribution in [2.45, 2.75) is 89.8 Å². The number of carbonyl (C=O) groups is 3.